The summed E-state index contributed by atoms with van der Waals surface area (Å²) < 4.78 is 13.0. The summed E-state index contributed by atoms with van der Waals surface area (Å²) >= 11 is 0. The number of hydrogen-bond acceptors (Lipinski definition) is 2. The zero-order valence-corrected chi connectivity index (χ0v) is 10.4. The van der Waals surface area contributed by atoms with Crippen LogP contribution in [0.2, 0.25) is 0 Å². The average molecular weight is 255 g/mol. The molecular formula is C16H14FNO. The third-order valence-electron chi connectivity index (χ3n) is 3.46. The minimum absolute atomic E-state index is 0.207. The van der Waals surface area contributed by atoms with Crippen LogP contribution in [0.3, 0.4) is 0 Å². The van der Waals surface area contributed by atoms with E-state index in [0.29, 0.717) is 0 Å². The van der Waals surface area contributed by atoms with E-state index >= 15 is 0 Å². The molecule has 1 atom stereocenters. The first-order valence-electron chi connectivity index (χ1n) is 6.16. The van der Waals surface area contributed by atoms with Crippen molar-refractivity contribution < 1.29 is 9.50 Å². The van der Waals surface area contributed by atoms with Gasteiger partial charge in [0, 0.05) is 17.8 Å². The SMILES string of the molecule is C=C1CC(c2ccc(O)cc2)N1c1ccc(F)cc1. The Balaban J connectivity index is 1.90. The van der Waals surface area contributed by atoms with E-state index in [9.17, 15) is 9.50 Å². The molecule has 2 aromatic carbocycles. The highest BCUT2D eigenvalue weighted by atomic mass is 19.1. The van der Waals surface area contributed by atoms with Crippen LogP contribution in [0, 0.1) is 5.82 Å². The summed E-state index contributed by atoms with van der Waals surface area (Å²) in [5.74, 6) is 0.0197. The summed E-state index contributed by atoms with van der Waals surface area (Å²) in [5.41, 5.74) is 3.08. The van der Waals surface area contributed by atoms with Gasteiger partial charge in [-0.1, -0.05) is 18.7 Å². The molecule has 0 bridgehead atoms. The predicted octanol–water partition coefficient (Wildman–Crippen LogP) is 4.00. The fourth-order valence-electron chi connectivity index (χ4n) is 2.45. The molecular weight excluding hydrogens is 241 g/mol. The minimum Gasteiger partial charge on any atom is -0.508 e. The Morgan fingerprint density at radius 1 is 1.05 bits per heavy atom. The zero-order chi connectivity index (χ0) is 13.4. The summed E-state index contributed by atoms with van der Waals surface area (Å²) in [6.07, 6.45) is 0.877. The Morgan fingerprint density at radius 3 is 2.26 bits per heavy atom. The van der Waals surface area contributed by atoms with Gasteiger partial charge in [0.1, 0.15) is 11.6 Å². The maximum Gasteiger partial charge on any atom is 0.123 e. The van der Waals surface area contributed by atoms with Gasteiger partial charge in [-0.2, -0.15) is 0 Å². The van der Waals surface area contributed by atoms with Crippen molar-refractivity contribution in [2.45, 2.75) is 12.5 Å². The van der Waals surface area contributed by atoms with Gasteiger partial charge in [0.05, 0.1) is 6.04 Å². The second-order valence-corrected chi connectivity index (χ2v) is 4.72. The van der Waals surface area contributed by atoms with Gasteiger partial charge >= 0.3 is 0 Å². The van der Waals surface area contributed by atoms with Crippen LogP contribution in [0.4, 0.5) is 10.1 Å². The lowest BCUT2D eigenvalue weighted by atomic mass is 9.91. The Morgan fingerprint density at radius 2 is 1.68 bits per heavy atom. The highest BCUT2D eigenvalue weighted by Gasteiger charge is 2.33. The molecule has 0 amide bonds. The van der Waals surface area contributed by atoms with Crippen molar-refractivity contribution in [3.05, 3.63) is 72.2 Å². The van der Waals surface area contributed by atoms with Crippen LogP contribution in [0.1, 0.15) is 18.0 Å². The van der Waals surface area contributed by atoms with Gasteiger partial charge < -0.3 is 10.0 Å². The Kier molecular flexibility index (Phi) is 2.75. The first-order chi connectivity index (χ1) is 9.15. The first kappa shape index (κ1) is 11.8. The molecule has 0 saturated carbocycles. The van der Waals surface area contributed by atoms with Gasteiger partial charge in [-0.25, -0.2) is 4.39 Å². The topological polar surface area (TPSA) is 23.5 Å². The molecule has 2 nitrogen and oxygen atoms in total. The second-order valence-electron chi connectivity index (χ2n) is 4.72. The van der Waals surface area contributed by atoms with Gasteiger partial charge in [0.2, 0.25) is 0 Å². The smallest absolute Gasteiger partial charge is 0.123 e. The van der Waals surface area contributed by atoms with E-state index in [1.165, 1.54) is 12.1 Å². The van der Waals surface area contributed by atoms with Gasteiger partial charge in [0.25, 0.3) is 0 Å². The molecule has 2 aromatic rings. The van der Waals surface area contributed by atoms with Crippen LogP contribution in [0.15, 0.2) is 60.8 Å². The third-order valence-corrected chi connectivity index (χ3v) is 3.46. The molecule has 3 rings (SSSR count). The molecule has 96 valence electrons. The van der Waals surface area contributed by atoms with E-state index in [1.807, 2.05) is 12.1 Å². The molecule has 3 heteroatoms. The van der Waals surface area contributed by atoms with E-state index in [0.717, 1.165) is 23.4 Å². The van der Waals surface area contributed by atoms with Crippen molar-refractivity contribution in [2.24, 2.45) is 0 Å². The van der Waals surface area contributed by atoms with Gasteiger partial charge in [0.15, 0.2) is 0 Å². The normalized spacial score (nSPS) is 18.3. The van der Waals surface area contributed by atoms with Crippen LogP contribution in [-0.4, -0.2) is 5.11 Å². The summed E-state index contributed by atoms with van der Waals surface area (Å²) in [6.45, 7) is 4.02. The number of rotatable bonds is 2. The Hall–Kier alpha value is -2.29. The summed E-state index contributed by atoms with van der Waals surface area (Å²) in [6, 6.07) is 13.8. The molecule has 1 unspecified atom stereocenters. The summed E-state index contributed by atoms with van der Waals surface area (Å²) in [7, 11) is 0. The van der Waals surface area contributed by atoms with Crippen LogP contribution >= 0.6 is 0 Å². The maximum absolute atomic E-state index is 13.0. The van der Waals surface area contributed by atoms with Gasteiger partial charge in [-0.3, -0.25) is 0 Å². The van der Waals surface area contributed by atoms with Crippen molar-refractivity contribution in [3.8, 4) is 5.75 Å². The van der Waals surface area contributed by atoms with E-state index in [-0.39, 0.29) is 17.6 Å². The van der Waals surface area contributed by atoms with Crippen LogP contribution in [-0.2, 0) is 0 Å². The number of phenols is 1. The molecule has 0 aromatic heterocycles. The number of hydrogen-bond donors (Lipinski definition) is 1. The molecule has 1 heterocycles. The number of phenolic OH excluding ortho intramolecular Hbond substituents is 1. The van der Waals surface area contributed by atoms with Crippen molar-refractivity contribution >= 4 is 5.69 Å². The van der Waals surface area contributed by atoms with E-state index < -0.39 is 0 Å². The molecule has 19 heavy (non-hydrogen) atoms. The molecule has 0 radical (unpaired) electrons. The van der Waals surface area contributed by atoms with Gasteiger partial charge in [-0.15, -0.1) is 0 Å². The van der Waals surface area contributed by atoms with E-state index in [4.69, 9.17) is 0 Å². The molecule has 0 aliphatic carbocycles. The monoisotopic (exact) mass is 255 g/mol. The Labute approximate surface area is 111 Å². The van der Waals surface area contributed by atoms with E-state index in [2.05, 4.69) is 11.5 Å². The summed E-state index contributed by atoms with van der Waals surface area (Å²) in [5, 5.41) is 9.32. The lowest BCUT2D eigenvalue weighted by Crippen LogP contribution is -2.38. The van der Waals surface area contributed by atoms with Gasteiger partial charge in [-0.05, 0) is 42.0 Å². The number of benzene rings is 2. The fraction of sp³-hybridized carbons (Fsp3) is 0.125. The highest BCUT2D eigenvalue weighted by Crippen LogP contribution is 2.44. The summed E-state index contributed by atoms with van der Waals surface area (Å²) in [4.78, 5) is 2.09. The lowest BCUT2D eigenvalue weighted by Gasteiger charge is -2.45. The van der Waals surface area contributed by atoms with Crippen molar-refractivity contribution in [1.82, 2.24) is 0 Å². The number of anilines is 1. The predicted molar refractivity (Wildman–Crippen MR) is 73.5 cm³/mol. The third kappa shape index (κ3) is 2.08. The standard InChI is InChI=1S/C16H14FNO/c1-11-10-16(12-2-8-15(19)9-3-12)18(11)14-6-4-13(17)5-7-14/h2-9,16,19H,1,10H2. The Bertz CT molecular complexity index is 604. The van der Waals surface area contributed by atoms with E-state index in [1.54, 1.807) is 24.3 Å². The molecule has 1 N–H and O–H groups in total. The molecule has 1 aliphatic heterocycles. The highest BCUT2D eigenvalue weighted by molar-refractivity contribution is 5.59. The number of aromatic hydroxyl groups is 1. The number of nitrogens with zero attached hydrogens (tertiary/aromatic N) is 1. The quantitative estimate of drug-likeness (QED) is 0.876. The van der Waals surface area contributed by atoms with Crippen molar-refractivity contribution in [3.63, 3.8) is 0 Å². The first-order valence-corrected chi connectivity index (χ1v) is 6.16. The van der Waals surface area contributed by atoms with Crippen LogP contribution in [0.5, 0.6) is 5.75 Å². The molecule has 0 spiro atoms. The molecule has 1 fully saturated rings. The van der Waals surface area contributed by atoms with Crippen LogP contribution < -0.4 is 4.90 Å². The number of halogens is 1. The molecule has 1 aliphatic rings. The van der Waals surface area contributed by atoms with Crippen molar-refractivity contribution in [2.75, 3.05) is 4.90 Å². The second kappa shape index (κ2) is 4.43. The maximum atomic E-state index is 13.0. The largest absolute Gasteiger partial charge is 0.508 e. The lowest BCUT2D eigenvalue weighted by molar-refractivity contribution is 0.474. The molecule has 1 saturated heterocycles. The minimum atomic E-state index is -0.240. The van der Waals surface area contributed by atoms with Crippen molar-refractivity contribution in [1.29, 1.82) is 0 Å². The van der Waals surface area contributed by atoms with Crippen LogP contribution in [0.25, 0.3) is 0 Å². The zero-order valence-electron chi connectivity index (χ0n) is 10.4. The average Bonchev–Trinajstić information content (AvgIpc) is 2.40. The fourth-order valence-corrected chi connectivity index (χ4v) is 2.45.